The fourth-order valence-corrected chi connectivity index (χ4v) is 4.51. The van der Waals surface area contributed by atoms with Crippen LogP contribution >= 0.6 is 0 Å². The lowest BCUT2D eigenvalue weighted by Gasteiger charge is -2.39. The summed E-state index contributed by atoms with van der Waals surface area (Å²) in [5.41, 5.74) is 2.11. The van der Waals surface area contributed by atoms with Gasteiger partial charge in [0.15, 0.2) is 5.78 Å². The summed E-state index contributed by atoms with van der Waals surface area (Å²) in [5, 5.41) is 5.69. The number of nitrogens with one attached hydrogen (secondary N) is 2. The van der Waals surface area contributed by atoms with Gasteiger partial charge in [0, 0.05) is 40.9 Å². The van der Waals surface area contributed by atoms with Crippen LogP contribution in [0.15, 0.2) is 65.0 Å². The number of hydrogen-bond donors (Lipinski definition) is 2. The molecule has 1 aliphatic heterocycles. The maximum atomic E-state index is 14.2. The molecule has 0 aromatic heterocycles. The van der Waals surface area contributed by atoms with Crippen LogP contribution in [-0.4, -0.2) is 11.7 Å². The van der Waals surface area contributed by atoms with E-state index >= 15 is 0 Å². The predicted octanol–water partition coefficient (Wildman–Crippen LogP) is 5.35. The second kappa shape index (κ2) is 7.97. The first-order chi connectivity index (χ1) is 15.1. The molecule has 4 nitrogen and oxygen atoms in total. The molecule has 0 saturated carbocycles. The van der Waals surface area contributed by atoms with Gasteiger partial charge in [0.1, 0.15) is 17.5 Å². The van der Waals surface area contributed by atoms with E-state index in [0.717, 1.165) is 17.8 Å². The highest BCUT2D eigenvalue weighted by atomic mass is 19.1. The lowest BCUT2D eigenvalue weighted by atomic mass is 9.68. The molecular formula is C25H23F3N2O2. The van der Waals surface area contributed by atoms with Gasteiger partial charge < -0.3 is 10.6 Å². The first-order valence-electron chi connectivity index (χ1n) is 10.3. The smallest absolute Gasteiger partial charge is 0.254 e. The van der Waals surface area contributed by atoms with Crippen LogP contribution in [0.25, 0.3) is 0 Å². The molecule has 0 fully saturated rings. The van der Waals surface area contributed by atoms with Gasteiger partial charge >= 0.3 is 0 Å². The fourth-order valence-electron chi connectivity index (χ4n) is 4.51. The number of hydrogen-bond acceptors (Lipinski definition) is 3. The molecule has 166 valence electrons. The summed E-state index contributed by atoms with van der Waals surface area (Å²) in [6, 6.07) is 8.51. The van der Waals surface area contributed by atoms with E-state index in [4.69, 9.17) is 0 Å². The van der Waals surface area contributed by atoms with Crippen molar-refractivity contribution in [3.63, 3.8) is 0 Å². The maximum absolute atomic E-state index is 14.2. The molecule has 1 heterocycles. The number of rotatable bonds is 3. The number of halogens is 3. The van der Waals surface area contributed by atoms with Crippen molar-refractivity contribution in [1.82, 2.24) is 5.32 Å². The zero-order valence-electron chi connectivity index (χ0n) is 18.0. The number of ketones is 1. The number of carbonyl (C=O) groups is 2. The van der Waals surface area contributed by atoms with Crippen LogP contribution in [-0.2, 0) is 9.59 Å². The van der Waals surface area contributed by atoms with Gasteiger partial charge in [-0.1, -0.05) is 26.0 Å². The predicted molar refractivity (Wildman–Crippen MR) is 115 cm³/mol. The minimum absolute atomic E-state index is 0.0937. The number of carbonyl (C=O) groups excluding carboxylic acids is 2. The minimum Gasteiger partial charge on any atom is -0.362 e. The van der Waals surface area contributed by atoms with Crippen LogP contribution in [0.5, 0.6) is 0 Å². The van der Waals surface area contributed by atoms with Crippen molar-refractivity contribution in [2.75, 3.05) is 5.32 Å². The summed E-state index contributed by atoms with van der Waals surface area (Å²) < 4.78 is 41.0. The molecule has 1 aliphatic carbocycles. The van der Waals surface area contributed by atoms with Crippen molar-refractivity contribution in [2.45, 2.75) is 39.5 Å². The molecule has 0 unspecified atom stereocenters. The first-order valence-corrected chi connectivity index (χ1v) is 10.3. The SMILES string of the molecule is CC1=C(C(=O)Nc2ccc(F)cc2F)[C@H](c2ccc(F)cc2)C2=C(CC(C)(C)CC2=O)N1. The van der Waals surface area contributed by atoms with Gasteiger partial charge in [0.2, 0.25) is 0 Å². The summed E-state index contributed by atoms with van der Waals surface area (Å²) in [5.74, 6) is -3.56. The van der Waals surface area contributed by atoms with E-state index in [1.807, 2.05) is 13.8 Å². The summed E-state index contributed by atoms with van der Waals surface area (Å²) in [4.78, 5) is 26.5. The van der Waals surface area contributed by atoms with Crippen molar-refractivity contribution in [1.29, 1.82) is 0 Å². The van der Waals surface area contributed by atoms with E-state index in [1.165, 1.54) is 12.1 Å². The Labute approximate surface area is 184 Å². The van der Waals surface area contributed by atoms with E-state index < -0.39 is 29.3 Å². The van der Waals surface area contributed by atoms with Crippen LogP contribution < -0.4 is 10.6 Å². The molecule has 2 aromatic rings. The van der Waals surface area contributed by atoms with Crippen molar-refractivity contribution in [3.8, 4) is 0 Å². The molecule has 1 atom stereocenters. The molecule has 2 aromatic carbocycles. The quantitative estimate of drug-likeness (QED) is 0.677. The lowest BCUT2D eigenvalue weighted by molar-refractivity contribution is -0.118. The summed E-state index contributed by atoms with van der Waals surface area (Å²) in [6.45, 7) is 5.71. The van der Waals surface area contributed by atoms with Crippen molar-refractivity contribution in [3.05, 3.63) is 88.0 Å². The third-order valence-corrected chi connectivity index (χ3v) is 5.87. The maximum Gasteiger partial charge on any atom is 0.254 e. The largest absolute Gasteiger partial charge is 0.362 e. The van der Waals surface area contributed by atoms with Gasteiger partial charge in [-0.3, -0.25) is 9.59 Å². The fraction of sp³-hybridized carbons (Fsp3) is 0.280. The van der Waals surface area contributed by atoms with Crippen LogP contribution in [0.1, 0.15) is 45.1 Å². The molecule has 2 aliphatic rings. The topological polar surface area (TPSA) is 58.2 Å². The molecular weight excluding hydrogens is 417 g/mol. The number of anilines is 1. The molecule has 4 rings (SSSR count). The van der Waals surface area contributed by atoms with Crippen LogP contribution in [0.4, 0.5) is 18.9 Å². The molecule has 7 heteroatoms. The molecule has 0 saturated heterocycles. The zero-order valence-corrected chi connectivity index (χ0v) is 18.0. The summed E-state index contributed by atoms with van der Waals surface area (Å²) >= 11 is 0. The van der Waals surface area contributed by atoms with Crippen molar-refractivity contribution >= 4 is 17.4 Å². The Balaban J connectivity index is 1.80. The van der Waals surface area contributed by atoms with Crippen molar-refractivity contribution in [2.24, 2.45) is 5.41 Å². The normalized spacial score (nSPS) is 20.1. The van der Waals surface area contributed by atoms with Gasteiger partial charge in [0.05, 0.1) is 5.69 Å². The van der Waals surface area contributed by atoms with E-state index in [9.17, 15) is 22.8 Å². The Morgan fingerprint density at radius 1 is 1.03 bits per heavy atom. The zero-order chi connectivity index (χ0) is 23.2. The average molecular weight is 440 g/mol. The number of dihydropyridines is 1. The Morgan fingerprint density at radius 2 is 1.69 bits per heavy atom. The molecule has 1 amide bonds. The van der Waals surface area contributed by atoms with Crippen LogP contribution in [0, 0.1) is 22.9 Å². The Hall–Kier alpha value is -3.35. The monoisotopic (exact) mass is 440 g/mol. The Kier molecular flexibility index (Phi) is 5.44. The van der Waals surface area contributed by atoms with Gasteiger partial charge in [-0.15, -0.1) is 0 Å². The first kappa shape index (κ1) is 21.9. The number of benzene rings is 2. The lowest BCUT2D eigenvalue weighted by Crippen LogP contribution is -2.39. The standard InChI is InChI=1S/C25H23F3N2O2/c1-13-21(24(32)30-18-9-8-16(27)10-17(18)28)22(14-4-6-15(26)7-5-14)23-19(29-13)11-25(2,3)12-20(23)31/h4-10,22,29H,11-12H2,1-3H3,(H,30,32)/t22-/m0/s1. The number of amides is 1. The molecule has 32 heavy (non-hydrogen) atoms. The van der Waals surface area contributed by atoms with E-state index in [2.05, 4.69) is 10.6 Å². The summed E-state index contributed by atoms with van der Waals surface area (Å²) in [6.07, 6.45) is 0.927. The van der Waals surface area contributed by atoms with E-state index in [0.29, 0.717) is 35.7 Å². The van der Waals surface area contributed by atoms with Gasteiger partial charge in [-0.05, 0) is 48.6 Å². The number of Topliss-reactive ketones (excluding diaryl/α,β-unsaturated/α-hetero) is 1. The highest BCUT2D eigenvalue weighted by Gasteiger charge is 2.42. The van der Waals surface area contributed by atoms with Crippen molar-refractivity contribution < 1.29 is 22.8 Å². The third kappa shape index (κ3) is 4.07. The minimum atomic E-state index is -0.908. The molecule has 0 radical (unpaired) electrons. The molecule has 2 N–H and O–H groups in total. The molecule has 0 spiro atoms. The van der Waals surface area contributed by atoms with Gasteiger partial charge in [-0.25, -0.2) is 13.2 Å². The second-order valence-corrected chi connectivity index (χ2v) is 9.06. The van der Waals surface area contributed by atoms with E-state index in [-0.39, 0.29) is 22.5 Å². The number of allylic oxidation sites excluding steroid dienone is 3. The summed E-state index contributed by atoms with van der Waals surface area (Å²) in [7, 11) is 0. The van der Waals surface area contributed by atoms with E-state index in [1.54, 1.807) is 19.1 Å². The third-order valence-electron chi connectivity index (χ3n) is 5.87. The Morgan fingerprint density at radius 3 is 2.34 bits per heavy atom. The van der Waals surface area contributed by atoms with Gasteiger partial charge in [0.25, 0.3) is 5.91 Å². The highest BCUT2D eigenvalue weighted by molar-refractivity contribution is 6.10. The second-order valence-electron chi connectivity index (χ2n) is 9.06. The van der Waals surface area contributed by atoms with Crippen LogP contribution in [0.2, 0.25) is 0 Å². The average Bonchev–Trinajstić information content (AvgIpc) is 2.68. The van der Waals surface area contributed by atoms with Crippen LogP contribution in [0.3, 0.4) is 0 Å². The molecule has 0 bridgehead atoms. The Bertz CT molecular complexity index is 1180. The highest BCUT2D eigenvalue weighted by Crippen LogP contribution is 2.46. The van der Waals surface area contributed by atoms with Gasteiger partial charge in [-0.2, -0.15) is 0 Å².